The van der Waals surface area contributed by atoms with Gasteiger partial charge in [0, 0.05) is 0 Å². The van der Waals surface area contributed by atoms with Crippen molar-refractivity contribution in [3.8, 4) is 0 Å². The van der Waals surface area contributed by atoms with Crippen LogP contribution in [-0.2, 0) is 11.2 Å². The van der Waals surface area contributed by atoms with Crippen molar-refractivity contribution in [3.05, 3.63) is 90.0 Å². The fourth-order valence-corrected chi connectivity index (χ4v) is 5.72. The third kappa shape index (κ3) is 3.86. The molecule has 0 unspecified atom stereocenters. The Morgan fingerprint density at radius 1 is 0.808 bits per heavy atom. The fraction of sp³-hybridized carbons (Fsp3) is 0.174. The minimum absolute atomic E-state index is 0.234. The molecule has 0 amide bonds. The molecular formula is C23H23O2P. The van der Waals surface area contributed by atoms with Gasteiger partial charge in [-0.2, -0.15) is 0 Å². The van der Waals surface area contributed by atoms with E-state index in [1.165, 1.54) is 15.9 Å². The Balaban J connectivity index is 2.19. The van der Waals surface area contributed by atoms with Crippen molar-refractivity contribution in [2.75, 3.05) is 6.61 Å². The second kappa shape index (κ2) is 8.78. The molecule has 3 rings (SSSR count). The number of carbonyl (C=O) groups is 1. The second-order valence-electron chi connectivity index (χ2n) is 5.88. The van der Waals surface area contributed by atoms with Crippen LogP contribution in [0.25, 0.3) is 0 Å². The minimum Gasteiger partial charge on any atom is -0.462 e. The van der Waals surface area contributed by atoms with Gasteiger partial charge in [-0.15, -0.1) is 0 Å². The molecule has 0 spiro atoms. The summed E-state index contributed by atoms with van der Waals surface area (Å²) in [6.45, 7) is 4.33. The van der Waals surface area contributed by atoms with Crippen LogP contribution < -0.4 is 15.9 Å². The van der Waals surface area contributed by atoms with Crippen LogP contribution in [0.15, 0.2) is 78.9 Å². The van der Waals surface area contributed by atoms with Crippen LogP contribution in [0, 0.1) is 0 Å². The summed E-state index contributed by atoms with van der Waals surface area (Å²) in [6, 6.07) is 27.1. The molecular weight excluding hydrogens is 339 g/mol. The lowest BCUT2D eigenvalue weighted by Gasteiger charge is -2.23. The molecule has 0 aromatic heterocycles. The Kier molecular flexibility index (Phi) is 6.20. The quantitative estimate of drug-likeness (QED) is 0.486. The maximum atomic E-state index is 12.5. The van der Waals surface area contributed by atoms with Gasteiger partial charge in [0.1, 0.15) is 0 Å². The number of ether oxygens (including phenoxy) is 1. The number of benzene rings is 3. The minimum atomic E-state index is -0.731. The van der Waals surface area contributed by atoms with Crippen LogP contribution in [0.1, 0.15) is 29.8 Å². The first kappa shape index (κ1) is 18.4. The van der Waals surface area contributed by atoms with Crippen molar-refractivity contribution in [1.82, 2.24) is 0 Å². The summed E-state index contributed by atoms with van der Waals surface area (Å²) in [5, 5.41) is 3.79. The summed E-state index contributed by atoms with van der Waals surface area (Å²) < 4.78 is 5.28. The number of rotatable bonds is 6. The molecule has 0 saturated heterocycles. The van der Waals surface area contributed by atoms with E-state index in [9.17, 15) is 4.79 Å². The van der Waals surface area contributed by atoms with Crippen molar-refractivity contribution in [2.24, 2.45) is 0 Å². The van der Waals surface area contributed by atoms with E-state index in [1.807, 2.05) is 31.2 Å². The number of hydrogen-bond acceptors (Lipinski definition) is 2. The zero-order valence-electron chi connectivity index (χ0n) is 15.2. The topological polar surface area (TPSA) is 26.3 Å². The average molecular weight is 362 g/mol. The molecule has 0 fully saturated rings. The predicted molar refractivity (Wildman–Crippen MR) is 110 cm³/mol. The molecule has 0 N–H and O–H groups in total. The van der Waals surface area contributed by atoms with E-state index in [-0.39, 0.29) is 5.97 Å². The number of esters is 1. The zero-order valence-corrected chi connectivity index (χ0v) is 16.1. The van der Waals surface area contributed by atoms with E-state index in [0.29, 0.717) is 12.2 Å². The van der Waals surface area contributed by atoms with Gasteiger partial charge in [0.2, 0.25) is 0 Å². The predicted octanol–water partition coefficient (Wildman–Crippen LogP) is 4.18. The van der Waals surface area contributed by atoms with E-state index in [4.69, 9.17) is 4.74 Å². The zero-order chi connectivity index (χ0) is 18.4. The van der Waals surface area contributed by atoms with Crippen LogP contribution in [0.5, 0.6) is 0 Å². The van der Waals surface area contributed by atoms with Crippen LogP contribution in [0.4, 0.5) is 0 Å². The standard InChI is InChI=1S/C23H23O2P/c1-3-20-21(23(24)25-4-2)16-11-17-22(20)26(18-12-7-5-8-13-18)19-14-9-6-10-15-19/h5-17H,3-4H2,1-2H3. The second-order valence-corrected chi connectivity index (χ2v) is 8.07. The molecule has 26 heavy (non-hydrogen) atoms. The van der Waals surface area contributed by atoms with E-state index in [1.54, 1.807) is 0 Å². The van der Waals surface area contributed by atoms with Gasteiger partial charge in [-0.05, 0) is 48.8 Å². The third-order valence-electron chi connectivity index (χ3n) is 4.27. The highest BCUT2D eigenvalue weighted by Crippen LogP contribution is 2.35. The number of carbonyl (C=O) groups excluding carboxylic acids is 1. The van der Waals surface area contributed by atoms with Gasteiger partial charge in [-0.25, -0.2) is 4.79 Å². The van der Waals surface area contributed by atoms with E-state index in [0.717, 1.165) is 12.0 Å². The lowest BCUT2D eigenvalue weighted by atomic mass is 10.1. The Bertz CT molecular complexity index is 820. The van der Waals surface area contributed by atoms with Crippen LogP contribution >= 0.6 is 7.92 Å². The lowest BCUT2D eigenvalue weighted by Crippen LogP contribution is -2.25. The van der Waals surface area contributed by atoms with Gasteiger partial charge in [-0.3, -0.25) is 0 Å². The molecule has 0 bridgehead atoms. The summed E-state index contributed by atoms with van der Waals surface area (Å²) in [6.07, 6.45) is 0.794. The maximum Gasteiger partial charge on any atom is 0.338 e. The molecule has 0 atom stereocenters. The van der Waals surface area contributed by atoms with Gasteiger partial charge < -0.3 is 4.74 Å². The molecule has 0 aliphatic carbocycles. The van der Waals surface area contributed by atoms with Crippen molar-refractivity contribution in [3.63, 3.8) is 0 Å². The maximum absolute atomic E-state index is 12.5. The van der Waals surface area contributed by atoms with Gasteiger partial charge in [0.25, 0.3) is 0 Å². The van der Waals surface area contributed by atoms with Crippen molar-refractivity contribution >= 4 is 29.8 Å². The molecule has 0 aliphatic heterocycles. The SMILES string of the molecule is CCOC(=O)c1cccc(P(c2ccccc2)c2ccccc2)c1CC. The van der Waals surface area contributed by atoms with Gasteiger partial charge in [0.05, 0.1) is 12.2 Å². The summed E-state index contributed by atoms with van der Waals surface area (Å²) >= 11 is 0. The van der Waals surface area contributed by atoms with Crippen molar-refractivity contribution < 1.29 is 9.53 Å². The molecule has 3 aromatic rings. The van der Waals surface area contributed by atoms with E-state index in [2.05, 4.69) is 61.5 Å². The van der Waals surface area contributed by atoms with Gasteiger partial charge in [0.15, 0.2) is 0 Å². The molecule has 132 valence electrons. The van der Waals surface area contributed by atoms with Crippen LogP contribution in [0.3, 0.4) is 0 Å². The monoisotopic (exact) mass is 362 g/mol. The molecule has 2 nitrogen and oxygen atoms in total. The highest BCUT2D eigenvalue weighted by Gasteiger charge is 2.22. The third-order valence-corrected chi connectivity index (χ3v) is 6.80. The van der Waals surface area contributed by atoms with Gasteiger partial charge >= 0.3 is 5.97 Å². The number of hydrogen-bond donors (Lipinski definition) is 0. The molecule has 0 aliphatic rings. The van der Waals surface area contributed by atoms with Crippen LogP contribution in [0.2, 0.25) is 0 Å². The largest absolute Gasteiger partial charge is 0.462 e. The lowest BCUT2D eigenvalue weighted by molar-refractivity contribution is 0.0525. The normalized spacial score (nSPS) is 10.7. The summed E-state index contributed by atoms with van der Waals surface area (Å²) in [7, 11) is -0.731. The smallest absolute Gasteiger partial charge is 0.338 e. The van der Waals surface area contributed by atoms with Crippen LogP contribution in [-0.4, -0.2) is 12.6 Å². The Morgan fingerprint density at radius 2 is 1.38 bits per heavy atom. The summed E-state index contributed by atoms with van der Waals surface area (Å²) in [5.41, 5.74) is 1.77. The molecule has 0 saturated carbocycles. The molecule has 3 aromatic carbocycles. The average Bonchev–Trinajstić information content (AvgIpc) is 2.70. The highest BCUT2D eigenvalue weighted by atomic mass is 31.1. The molecule has 0 heterocycles. The van der Waals surface area contributed by atoms with E-state index < -0.39 is 7.92 Å². The highest BCUT2D eigenvalue weighted by molar-refractivity contribution is 7.79. The van der Waals surface area contributed by atoms with E-state index >= 15 is 0 Å². The first-order valence-corrected chi connectivity index (χ1v) is 10.3. The first-order valence-electron chi connectivity index (χ1n) is 8.95. The van der Waals surface area contributed by atoms with Gasteiger partial charge in [-0.1, -0.05) is 79.7 Å². The van der Waals surface area contributed by atoms with Crippen molar-refractivity contribution in [2.45, 2.75) is 20.3 Å². The Hall–Kier alpha value is -2.44. The fourth-order valence-electron chi connectivity index (χ4n) is 3.14. The Morgan fingerprint density at radius 3 is 1.88 bits per heavy atom. The molecule has 0 radical (unpaired) electrons. The summed E-state index contributed by atoms with van der Waals surface area (Å²) in [5.74, 6) is -0.234. The first-order chi connectivity index (χ1) is 12.8. The van der Waals surface area contributed by atoms with Crippen molar-refractivity contribution in [1.29, 1.82) is 0 Å². The summed E-state index contributed by atoms with van der Waals surface area (Å²) in [4.78, 5) is 12.5. The molecule has 3 heteroatoms. The Labute approximate surface area is 156 Å².